The standard InChI is InChI=1S/C42H84O2/c1-4-7-10-13-16-18-19-20-21-22-23-24-25-26-28-30-33-36-39-41(42(43)44)40(37-34-31-15-12-9-6-3)38-35-32-29-27-17-14-11-8-5-2/h40-41H,4-39H2,1-3H3,(H,43,44)/p-1. The summed E-state index contributed by atoms with van der Waals surface area (Å²) >= 11 is 0. The van der Waals surface area contributed by atoms with E-state index in [1.165, 1.54) is 205 Å². The van der Waals surface area contributed by atoms with Crippen LogP contribution in [0.2, 0.25) is 0 Å². The largest absolute Gasteiger partial charge is 0.550 e. The van der Waals surface area contributed by atoms with Crippen LogP contribution in [0.3, 0.4) is 0 Å². The Hall–Kier alpha value is -0.530. The normalized spacial score (nSPS) is 13.0. The number of aliphatic carboxylic acids is 1. The molecule has 0 saturated carbocycles. The van der Waals surface area contributed by atoms with Crippen LogP contribution in [-0.2, 0) is 4.79 Å². The molecule has 0 radical (unpaired) electrons. The molecule has 0 fully saturated rings. The summed E-state index contributed by atoms with van der Waals surface area (Å²) in [6.07, 6.45) is 47.6. The van der Waals surface area contributed by atoms with Crippen molar-refractivity contribution in [1.82, 2.24) is 0 Å². The minimum absolute atomic E-state index is 0.222. The van der Waals surface area contributed by atoms with Gasteiger partial charge in [-0.15, -0.1) is 0 Å². The number of carboxylic acid groups (broad SMARTS) is 1. The number of carbonyl (C=O) groups is 1. The first-order valence-electron chi connectivity index (χ1n) is 20.9. The van der Waals surface area contributed by atoms with Crippen molar-refractivity contribution in [2.75, 3.05) is 0 Å². The van der Waals surface area contributed by atoms with E-state index in [0.29, 0.717) is 5.92 Å². The van der Waals surface area contributed by atoms with Crippen LogP contribution < -0.4 is 5.11 Å². The topological polar surface area (TPSA) is 40.1 Å². The first kappa shape index (κ1) is 43.5. The van der Waals surface area contributed by atoms with Gasteiger partial charge in [-0.3, -0.25) is 0 Å². The highest BCUT2D eigenvalue weighted by molar-refractivity contribution is 5.67. The van der Waals surface area contributed by atoms with Crippen molar-refractivity contribution in [3.8, 4) is 0 Å². The third-order valence-electron chi connectivity index (χ3n) is 10.3. The molecule has 0 bridgehead atoms. The summed E-state index contributed by atoms with van der Waals surface area (Å²) in [4.78, 5) is 12.3. The SMILES string of the molecule is CCCCCCCCCCCCCCCCCCCCC(C(=O)[O-])C(CCCCCCCC)CCCCCCCCCCC. The van der Waals surface area contributed by atoms with Crippen LogP contribution in [0.4, 0.5) is 0 Å². The average molecular weight is 620 g/mol. The fraction of sp³-hybridized carbons (Fsp3) is 0.976. The quantitative estimate of drug-likeness (QED) is 0.0645. The van der Waals surface area contributed by atoms with Gasteiger partial charge in [0.15, 0.2) is 0 Å². The lowest BCUT2D eigenvalue weighted by Crippen LogP contribution is -2.36. The molecule has 2 unspecified atom stereocenters. The van der Waals surface area contributed by atoms with Crippen molar-refractivity contribution in [3.63, 3.8) is 0 Å². The Balaban J connectivity index is 4.06. The Morgan fingerprint density at radius 1 is 0.341 bits per heavy atom. The molecule has 0 spiro atoms. The lowest BCUT2D eigenvalue weighted by molar-refractivity contribution is -0.313. The Kier molecular flexibility index (Phi) is 36.5. The van der Waals surface area contributed by atoms with E-state index in [2.05, 4.69) is 20.8 Å². The summed E-state index contributed by atoms with van der Waals surface area (Å²) < 4.78 is 0. The van der Waals surface area contributed by atoms with E-state index >= 15 is 0 Å². The van der Waals surface area contributed by atoms with Gasteiger partial charge in [0, 0.05) is 11.9 Å². The molecule has 0 saturated heterocycles. The van der Waals surface area contributed by atoms with Crippen LogP contribution in [-0.4, -0.2) is 5.97 Å². The van der Waals surface area contributed by atoms with Crippen LogP contribution in [0.25, 0.3) is 0 Å². The Bertz CT molecular complexity index is 544. The van der Waals surface area contributed by atoms with Gasteiger partial charge in [-0.2, -0.15) is 0 Å². The molecule has 0 aliphatic rings. The molecular weight excluding hydrogens is 536 g/mol. The highest BCUT2D eigenvalue weighted by Crippen LogP contribution is 2.30. The van der Waals surface area contributed by atoms with E-state index in [1.807, 2.05) is 0 Å². The lowest BCUT2D eigenvalue weighted by Gasteiger charge is -2.28. The first-order valence-corrected chi connectivity index (χ1v) is 20.9. The van der Waals surface area contributed by atoms with Gasteiger partial charge in [-0.1, -0.05) is 233 Å². The predicted octanol–water partition coefficient (Wildman–Crippen LogP) is 14.1. The Morgan fingerprint density at radius 2 is 0.545 bits per heavy atom. The Labute approximate surface area is 279 Å². The average Bonchev–Trinajstić information content (AvgIpc) is 3.02. The third kappa shape index (κ3) is 31.5. The molecule has 0 heterocycles. The number of hydrogen-bond donors (Lipinski definition) is 0. The highest BCUT2D eigenvalue weighted by Gasteiger charge is 2.22. The summed E-state index contributed by atoms with van der Waals surface area (Å²) in [5, 5.41) is 12.3. The van der Waals surface area contributed by atoms with Crippen LogP contribution in [0.15, 0.2) is 0 Å². The molecule has 0 aromatic carbocycles. The lowest BCUT2D eigenvalue weighted by atomic mass is 9.80. The summed E-state index contributed by atoms with van der Waals surface area (Å²) in [5.41, 5.74) is 0. The van der Waals surface area contributed by atoms with Gasteiger partial charge >= 0.3 is 0 Å². The van der Waals surface area contributed by atoms with Crippen molar-refractivity contribution in [2.45, 2.75) is 252 Å². The van der Waals surface area contributed by atoms with E-state index in [0.717, 1.165) is 25.7 Å². The molecule has 2 heteroatoms. The van der Waals surface area contributed by atoms with E-state index in [-0.39, 0.29) is 5.92 Å². The number of carbonyl (C=O) groups excluding carboxylic acids is 1. The second-order valence-electron chi connectivity index (χ2n) is 14.7. The van der Waals surface area contributed by atoms with Crippen LogP contribution >= 0.6 is 0 Å². The second kappa shape index (κ2) is 36.9. The van der Waals surface area contributed by atoms with Gasteiger partial charge in [0.1, 0.15) is 0 Å². The van der Waals surface area contributed by atoms with E-state index in [1.54, 1.807) is 0 Å². The summed E-state index contributed by atoms with van der Waals surface area (Å²) in [6.45, 7) is 6.85. The maximum Gasteiger partial charge on any atom is 0.0448 e. The maximum atomic E-state index is 12.3. The third-order valence-corrected chi connectivity index (χ3v) is 10.3. The zero-order valence-corrected chi connectivity index (χ0v) is 30.9. The Morgan fingerprint density at radius 3 is 0.773 bits per heavy atom. The van der Waals surface area contributed by atoms with Gasteiger partial charge in [0.05, 0.1) is 0 Å². The van der Waals surface area contributed by atoms with Crippen molar-refractivity contribution >= 4 is 5.97 Å². The van der Waals surface area contributed by atoms with E-state index < -0.39 is 5.97 Å². The first-order chi connectivity index (χ1) is 21.7. The molecule has 0 rings (SSSR count). The maximum absolute atomic E-state index is 12.3. The summed E-state index contributed by atoms with van der Waals surface area (Å²) in [5.74, 6) is -0.647. The van der Waals surface area contributed by atoms with Gasteiger partial charge in [-0.25, -0.2) is 0 Å². The molecule has 2 atom stereocenters. The molecule has 0 aliphatic carbocycles. The van der Waals surface area contributed by atoms with Crippen LogP contribution in [0, 0.1) is 11.8 Å². The molecule has 0 aromatic heterocycles. The molecule has 2 nitrogen and oxygen atoms in total. The smallest absolute Gasteiger partial charge is 0.0448 e. The second-order valence-corrected chi connectivity index (χ2v) is 14.7. The zero-order valence-electron chi connectivity index (χ0n) is 30.9. The van der Waals surface area contributed by atoms with E-state index in [4.69, 9.17) is 0 Å². The summed E-state index contributed by atoms with van der Waals surface area (Å²) in [6, 6.07) is 0. The number of unbranched alkanes of at least 4 members (excludes halogenated alkanes) is 30. The molecule has 264 valence electrons. The van der Waals surface area contributed by atoms with Gasteiger partial charge in [-0.05, 0) is 25.2 Å². The van der Waals surface area contributed by atoms with Gasteiger partial charge in [0.2, 0.25) is 0 Å². The van der Waals surface area contributed by atoms with Crippen LogP contribution in [0.5, 0.6) is 0 Å². The molecule has 0 N–H and O–H groups in total. The molecular formula is C42H83O2-. The molecule has 44 heavy (non-hydrogen) atoms. The van der Waals surface area contributed by atoms with Gasteiger partial charge in [0.25, 0.3) is 0 Å². The molecule has 0 aliphatic heterocycles. The van der Waals surface area contributed by atoms with Gasteiger partial charge < -0.3 is 9.90 Å². The van der Waals surface area contributed by atoms with E-state index in [9.17, 15) is 9.90 Å². The number of hydrogen-bond acceptors (Lipinski definition) is 2. The van der Waals surface area contributed by atoms with Crippen molar-refractivity contribution in [1.29, 1.82) is 0 Å². The monoisotopic (exact) mass is 620 g/mol. The highest BCUT2D eigenvalue weighted by atomic mass is 16.4. The van der Waals surface area contributed by atoms with Crippen molar-refractivity contribution < 1.29 is 9.90 Å². The zero-order chi connectivity index (χ0) is 32.2. The molecule has 0 amide bonds. The van der Waals surface area contributed by atoms with Crippen LogP contribution in [0.1, 0.15) is 252 Å². The predicted molar refractivity (Wildman–Crippen MR) is 195 cm³/mol. The van der Waals surface area contributed by atoms with Crippen molar-refractivity contribution in [3.05, 3.63) is 0 Å². The summed E-state index contributed by atoms with van der Waals surface area (Å²) in [7, 11) is 0. The fourth-order valence-corrected chi connectivity index (χ4v) is 7.26. The van der Waals surface area contributed by atoms with Crippen molar-refractivity contribution in [2.24, 2.45) is 11.8 Å². The minimum Gasteiger partial charge on any atom is -0.550 e. The number of rotatable bonds is 38. The fourth-order valence-electron chi connectivity index (χ4n) is 7.26. The molecule has 0 aromatic rings. The minimum atomic E-state index is -0.760. The number of carboxylic acids is 1.